The molecular weight excluding hydrogens is 320 g/mol. The number of likely N-dealkylation sites (N-methyl/N-ethyl adjacent to an activating group) is 1. The first-order valence-corrected chi connectivity index (χ1v) is 7.53. The summed E-state index contributed by atoms with van der Waals surface area (Å²) in [6.45, 7) is 0.670. The zero-order valence-electron chi connectivity index (χ0n) is 11.3. The van der Waals surface area contributed by atoms with Gasteiger partial charge in [-0.05, 0) is 54.4 Å². The van der Waals surface area contributed by atoms with Gasteiger partial charge in [0, 0.05) is 18.3 Å². The second-order valence-corrected chi connectivity index (χ2v) is 6.16. The molecule has 0 aromatic carbocycles. The van der Waals surface area contributed by atoms with E-state index in [0.717, 1.165) is 22.8 Å². The van der Waals surface area contributed by atoms with E-state index in [0.29, 0.717) is 12.1 Å². The van der Waals surface area contributed by atoms with E-state index >= 15 is 0 Å². The molecule has 2 N–H and O–H groups in total. The normalized spacial score (nSPS) is 16.9. The van der Waals surface area contributed by atoms with Gasteiger partial charge in [0.15, 0.2) is 0 Å². The Balaban J connectivity index is 1.72. The lowest BCUT2D eigenvalue weighted by Crippen LogP contribution is -2.56. The molecule has 0 saturated heterocycles. The molecule has 5 nitrogen and oxygen atoms in total. The molecule has 1 amide bonds. The minimum absolute atomic E-state index is 0.0555. The maximum atomic E-state index is 12.2. The van der Waals surface area contributed by atoms with Crippen LogP contribution in [-0.2, 0) is 0 Å². The summed E-state index contributed by atoms with van der Waals surface area (Å²) in [5.74, 6) is -0.0555. The van der Waals surface area contributed by atoms with E-state index in [1.54, 1.807) is 16.9 Å². The van der Waals surface area contributed by atoms with Crippen molar-refractivity contribution in [2.75, 3.05) is 13.6 Å². The number of halogens is 1. The number of fused-ring (bicyclic) bond motifs is 1. The largest absolute Gasteiger partial charge is 0.350 e. The summed E-state index contributed by atoms with van der Waals surface area (Å²) in [6.07, 6.45) is 6.94. The quantitative estimate of drug-likeness (QED) is 0.897. The molecule has 3 rings (SSSR count). The molecule has 0 unspecified atom stereocenters. The van der Waals surface area contributed by atoms with Crippen LogP contribution in [0.1, 0.15) is 29.6 Å². The number of rotatable bonds is 4. The molecule has 106 valence electrons. The molecule has 2 aromatic heterocycles. The highest BCUT2D eigenvalue weighted by atomic mass is 79.9. The summed E-state index contributed by atoms with van der Waals surface area (Å²) >= 11 is 3.42. The summed E-state index contributed by atoms with van der Waals surface area (Å²) in [5.41, 5.74) is 1.67. The smallest absolute Gasteiger partial charge is 0.252 e. The van der Waals surface area contributed by atoms with Gasteiger partial charge in [-0.2, -0.15) is 5.10 Å². The fourth-order valence-electron chi connectivity index (χ4n) is 2.56. The number of hydrogen-bond acceptors (Lipinski definition) is 3. The van der Waals surface area contributed by atoms with E-state index in [4.69, 9.17) is 0 Å². The lowest BCUT2D eigenvalue weighted by Gasteiger charge is -2.41. The summed E-state index contributed by atoms with van der Waals surface area (Å²) in [5, 5.41) is 10.5. The van der Waals surface area contributed by atoms with Gasteiger partial charge >= 0.3 is 0 Å². The molecule has 20 heavy (non-hydrogen) atoms. The van der Waals surface area contributed by atoms with Gasteiger partial charge in [0.2, 0.25) is 0 Å². The van der Waals surface area contributed by atoms with E-state index in [9.17, 15) is 4.79 Å². The number of nitrogens with one attached hydrogen (secondary N) is 2. The molecule has 1 aliphatic rings. The average Bonchev–Trinajstić information content (AvgIpc) is 2.79. The van der Waals surface area contributed by atoms with Crippen molar-refractivity contribution in [2.45, 2.75) is 24.8 Å². The van der Waals surface area contributed by atoms with Crippen LogP contribution in [-0.4, -0.2) is 34.7 Å². The minimum Gasteiger partial charge on any atom is -0.350 e. The Labute approximate surface area is 125 Å². The summed E-state index contributed by atoms with van der Waals surface area (Å²) in [7, 11) is 1.96. The van der Waals surface area contributed by atoms with Gasteiger partial charge in [-0.15, -0.1) is 0 Å². The fraction of sp³-hybridized carbons (Fsp3) is 0.429. The number of carbonyl (C=O) groups excluding carboxylic acids is 1. The lowest BCUT2D eigenvalue weighted by atomic mass is 9.77. The molecule has 0 aliphatic heterocycles. The lowest BCUT2D eigenvalue weighted by molar-refractivity contribution is 0.0917. The monoisotopic (exact) mass is 336 g/mol. The Morgan fingerprint density at radius 3 is 2.95 bits per heavy atom. The molecule has 0 spiro atoms. The molecule has 6 heteroatoms. The average molecular weight is 337 g/mol. The molecule has 1 fully saturated rings. The Morgan fingerprint density at radius 2 is 2.30 bits per heavy atom. The fourth-order valence-corrected chi connectivity index (χ4v) is 2.96. The number of aromatic nitrogens is 2. The van der Waals surface area contributed by atoms with E-state index in [1.165, 1.54) is 6.42 Å². The van der Waals surface area contributed by atoms with Crippen LogP contribution in [0.25, 0.3) is 5.52 Å². The van der Waals surface area contributed by atoms with Crippen molar-refractivity contribution >= 4 is 27.4 Å². The van der Waals surface area contributed by atoms with Crippen LogP contribution in [0.3, 0.4) is 0 Å². The number of nitrogens with zero attached hydrogens (tertiary/aromatic N) is 2. The SMILES string of the molecule is CNC1(CNC(=O)c2ccc3c(Br)cnn3c2)CCC1. The van der Waals surface area contributed by atoms with Crippen molar-refractivity contribution in [2.24, 2.45) is 0 Å². The third-order valence-corrected chi connectivity index (χ3v) is 4.77. The molecule has 2 aromatic rings. The maximum Gasteiger partial charge on any atom is 0.252 e. The standard InChI is InChI=1S/C14H17BrN4O/c1-16-14(5-2-6-14)9-17-13(20)10-3-4-12-11(15)7-18-19(12)8-10/h3-4,7-8,16H,2,5-6,9H2,1H3,(H,17,20). The topological polar surface area (TPSA) is 58.4 Å². The van der Waals surface area contributed by atoms with Crippen molar-refractivity contribution < 1.29 is 4.79 Å². The summed E-state index contributed by atoms with van der Waals surface area (Å²) in [4.78, 5) is 12.2. The molecule has 0 bridgehead atoms. The second kappa shape index (κ2) is 5.18. The summed E-state index contributed by atoms with van der Waals surface area (Å²) < 4.78 is 2.63. The molecule has 2 heterocycles. The van der Waals surface area contributed by atoms with Gasteiger partial charge in [-0.1, -0.05) is 0 Å². The number of pyridine rings is 1. The molecule has 1 saturated carbocycles. The van der Waals surface area contributed by atoms with Gasteiger partial charge in [0.1, 0.15) is 0 Å². The highest BCUT2D eigenvalue weighted by Crippen LogP contribution is 2.30. The minimum atomic E-state index is -0.0555. The van der Waals surface area contributed by atoms with Gasteiger partial charge in [0.25, 0.3) is 5.91 Å². The van der Waals surface area contributed by atoms with Crippen LogP contribution < -0.4 is 10.6 Å². The first kappa shape index (κ1) is 13.6. The van der Waals surface area contributed by atoms with Crippen molar-refractivity contribution in [1.29, 1.82) is 0 Å². The zero-order chi connectivity index (χ0) is 14.2. The van der Waals surface area contributed by atoms with Crippen LogP contribution in [0.15, 0.2) is 29.0 Å². The predicted molar refractivity (Wildman–Crippen MR) is 80.9 cm³/mol. The van der Waals surface area contributed by atoms with Crippen LogP contribution >= 0.6 is 15.9 Å². The van der Waals surface area contributed by atoms with Gasteiger partial charge < -0.3 is 10.6 Å². The number of hydrogen-bond donors (Lipinski definition) is 2. The second-order valence-electron chi connectivity index (χ2n) is 5.31. The van der Waals surface area contributed by atoms with Crippen molar-refractivity contribution in [3.8, 4) is 0 Å². The highest BCUT2D eigenvalue weighted by molar-refractivity contribution is 9.10. The number of carbonyl (C=O) groups is 1. The van der Waals surface area contributed by atoms with Crippen molar-refractivity contribution in [1.82, 2.24) is 20.2 Å². The molecule has 1 aliphatic carbocycles. The number of amides is 1. The van der Waals surface area contributed by atoms with Crippen molar-refractivity contribution in [3.05, 3.63) is 34.6 Å². The summed E-state index contributed by atoms with van der Waals surface area (Å²) in [6, 6.07) is 3.72. The maximum absolute atomic E-state index is 12.2. The zero-order valence-corrected chi connectivity index (χ0v) is 12.9. The highest BCUT2D eigenvalue weighted by Gasteiger charge is 2.35. The van der Waals surface area contributed by atoms with E-state index in [2.05, 4.69) is 31.7 Å². The Hall–Kier alpha value is -1.40. The van der Waals surface area contributed by atoms with Crippen LogP contribution in [0.2, 0.25) is 0 Å². The Bertz CT molecular complexity index is 642. The molecule has 0 atom stereocenters. The van der Waals surface area contributed by atoms with Gasteiger partial charge in [-0.25, -0.2) is 4.52 Å². The van der Waals surface area contributed by atoms with E-state index < -0.39 is 0 Å². The molecular formula is C14H17BrN4O. The predicted octanol–water partition coefficient (Wildman–Crippen LogP) is 1.97. The Kier molecular flexibility index (Phi) is 3.52. The first-order valence-electron chi connectivity index (χ1n) is 6.74. The van der Waals surface area contributed by atoms with Crippen molar-refractivity contribution in [3.63, 3.8) is 0 Å². The third-order valence-electron chi connectivity index (χ3n) is 4.16. The molecule has 0 radical (unpaired) electrons. The van der Waals surface area contributed by atoms with E-state index in [-0.39, 0.29) is 11.4 Å². The first-order chi connectivity index (χ1) is 9.63. The Morgan fingerprint density at radius 1 is 1.50 bits per heavy atom. The van der Waals surface area contributed by atoms with Crippen LogP contribution in [0.5, 0.6) is 0 Å². The van der Waals surface area contributed by atoms with Gasteiger partial charge in [-0.3, -0.25) is 4.79 Å². The van der Waals surface area contributed by atoms with E-state index in [1.807, 2.05) is 19.2 Å². The third kappa shape index (κ3) is 2.33. The van der Waals surface area contributed by atoms with Crippen LogP contribution in [0, 0.1) is 0 Å². The van der Waals surface area contributed by atoms with Gasteiger partial charge in [0.05, 0.1) is 21.7 Å². The van der Waals surface area contributed by atoms with Crippen LogP contribution in [0.4, 0.5) is 0 Å².